The topological polar surface area (TPSA) is 82.8 Å². The van der Waals surface area contributed by atoms with Crippen LogP contribution in [0.25, 0.3) is 0 Å². The maximum Gasteiger partial charge on any atom is 0.220 e. The first kappa shape index (κ1) is 21.9. The zero-order chi connectivity index (χ0) is 20.7. The van der Waals surface area contributed by atoms with Crippen LogP contribution in [0, 0.1) is 5.92 Å². The standard InChI is InChI=1S/C22H34ClN5O/c1-25-21(27-16-22(9-10-22)18-5-4-6-19(23)15-18)26-11-2-3-12-28-13-7-17(8-14-28)20(24)29/h4-6,15,17H,2-3,7-14,16H2,1H3,(H2,24,29)(H2,25,26,27). The largest absolute Gasteiger partial charge is 0.369 e. The molecule has 4 N–H and O–H groups in total. The molecule has 3 rings (SSSR count). The number of nitrogens with one attached hydrogen (secondary N) is 2. The average Bonchev–Trinajstić information content (AvgIpc) is 3.51. The Labute approximate surface area is 179 Å². The lowest BCUT2D eigenvalue weighted by molar-refractivity contribution is -0.123. The molecule has 0 unspecified atom stereocenters. The highest BCUT2D eigenvalue weighted by Crippen LogP contribution is 2.48. The van der Waals surface area contributed by atoms with Gasteiger partial charge in [-0.05, 0) is 75.9 Å². The fourth-order valence-electron chi connectivity index (χ4n) is 4.12. The van der Waals surface area contributed by atoms with Crippen molar-refractivity contribution in [3.05, 3.63) is 34.9 Å². The first-order chi connectivity index (χ1) is 14.0. The second-order valence-electron chi connectivity index (χ2n) is 8.37. The third-order valence-electron chi connectivity index (χ3n) is 6.29. The first-order valence-corrected chi connectivity index (χ1v) is 11.1. The smallest absolute Gasteiger partial charge is 0.220 e. The van der Waals surface area contributed by atoms with Crippen LogP contribution in [0.4, 0.5) is 0 Å². The number of rotatable bonds is 9. The number of nitrogens with two attached hydrogens (primary N) is 1. The van der Waals surface area contributed by atoms with Crippen LogP contribution in [0.1, 0.15) is 44.1 Å². The highest BCUT2D eigenvalue weighted by Gasteiger charge is 2.44. The molecule has 0 radical (unpaired) electrons. The minimum atomic E-state index is -0.143. The molecule has 6 nitrogen and oxygen atoms in total. The van der Waals surface area contributed by atoms with E-state index in [0.29, 0.717) is 0 Å². The van der Waals surface area contributed by atoms with E-state index < -0.39 is 0 Å². The number of primary amides is 1. The Kier molecular flexibility index (Phi) is 7.78. The third-order valence-corrected chi connectivity index (χ3v) is 6.53. The van der Waals surface area contributed by atoms with E-state index in [1.54, 1.807) is 0 Å². The second kappa shape index (κ2) is 10.3. The van der Waals surface area contributed by atoms with Crippen molar-refractivity contribution < 1.29 is 4.79 Å². The number of likely N-dealkylation sites (tertiary alicyclic amines) is 1. The molecule has 1 amide bonds. The third kappa shape index (κ3) is 6.34. The lowest BCUT2D eigenvalue weighted by atomic mass is 9.96. The Morgan fingerprint density at radius 3 is 2.66 bits per heavy atom. The molecule has 1 heterocycles. The van der Waals surface area contributed by atoms with Crippen LogP contribution in [0.5, 0.6) is 0 Å². The van der Waals surface area contributed by atoms with Crippen molar-refractivity contribution in [3.8, 4) is 0 Å². The molecule has 1 aliphatic carbocycles. The minimum absolute atomic E-state index is 0.0731. The molecule has 0 atom stereocenters. The number of hydrogen-bond acceptors (Lipinski definition) is 3. The van der Waals surface area contributed by atoms with Crippen molar-refractivity contribution in [3.63, 3.8) is 0 Å². The van der Waals surface area contributed by atoms with Gasteiger partial charge in [-0.1, -0.05) is 23.7 Å². The van der Waals surface area contributed by atoms with Gasteiger partial charge in [0.1, 0.15) is 0 Å². The van der Waals surface area contributed by atoms with Crippen LogP contribution >= 0.6 is 11.6 Å². The lowest BCUT2D eigenvalue weighted by Gasteiger charge is -2.30. The van der Waals surface area contributed by atoms with E-state index in [-0.39, 0.29) is 17.2 Å². The molecule has 1 saturated heterocycles. The molecular weight excluding hydrogens is 386 g/mol. The molecule has 1 aliphatic heterocycles. The first-order valence-electron chi connectivity index (χ1n) is 10.7. The van der Waals surface area contributed by atoms with Crippen LogP contribution in [-0.2, 0) is 10.2 Å². The molecular formula is C22H34ClN5O. The maximum absolute atomic E-state index is 11.2. The number of piperidine rings is 1. The van der Waals surface area contributed by atoms with Gasteiger partial charge in [0.25, 0.3) is 0 Å². The maximum atomic E-state index is 11.2. The molecule has 2 fully saturated rings. The SMILES string of the molecule is CN=C(NCCCCN1CCC(C(N)=O)CC1)NCC1(c2cccc(Cl)c2)CC1. The van der Waals surface area contributed by atoms with Crippen LogP contribution in [0.2, 0.25) is 5.02 Å². The van der Waals surface area contributed by atoms with Gasteiger partial charge in [-0.2, -0.15) is 0 Å². The van der Waals surface area contributed by atoms with Crippen molar-refractivity contribution in [2.45, 2.75) is 43.9 Å². The van der Waals surface area contributed by atoms with Crippen molar-refractivity contribution in [2.24, 2.45) is 16.6 Å². The average molecular weight is 420 g/mol. The van der Waals surface area contributed by atoms with Crippen LogP contribution in [0.15, 0.2) is 29.3 Å². The van der Waals surface area contributed by atoms with E-state index in [2.05, 4.69) is 32.7 Å². The Morgan fingerprint density at radius 2 is 2.03 bits per heavy atom. The van der Waals surface area contributed by atoms with Crippen LogP contribution in [-0.4, -0.2) is 56.5 Å². The summed E-state index contributed by atoms with van der Waals surface area (Å²) in [4.78, 5) is 18.0. The van der Waals surface area contributed by atoms with Gasteiger partial charge in [0, 0.05) is 36.5 Å². The number of hydrogen-bond donors (Lipinski definition) is 3. The van der Waals surface area contributed by atoms with Gasteiger partial charge >= 0.3 is 0 Å². The summed E-state index contributed by atoms with van der Waals surface area (Å²) >= 11 is 6.16. The molecule has 2 aliphatic rings. The lowest BCUT2D eigenvalue weighted by Crippen LogP contribution is -2.42. The summed E-state index contributed by atoms with van der Waals surface area (Å²) in [6.45, 7) is 4.83. The van der Waals surface area contributed by atoms with Crippen molar-refractivity contribution in [1.82, 2.24) is 15.5 Å². The monoisotopic (exact) mass is 419 g/mol. The summed E-state index contributed by atoms with van der Waals surface area (Å²) in [6.07, 6.45) is 6.40. The van der Waals surface area contributed by atoms with Gasteiger partial charge < -0.3 is 21.3 Å². The summed E-state index contributed by atoms with van der Waals surface area (Å²) in [7, 11) is 1.82. The number of amides is 1. The van der Waals surface area contributed by atoms with E-state index in [1.165, 1.54) is 18.4 Å². The molecule has 0 bridgehead atoms. The Hall–Kier alpha value is -1.79. The van der Waals surface area contributed by atoms with Crippen LogP contribution < -0.4 is 16.4 Å². The highest BCUT2D eigenvalue weighted by atomic mass is 35.5. The van der Waals surface area contributed by atoms with Gasteiger partial charge in [0.05, 0.1) is 0 Å². The summed E-state index contributed by atoms with van der Waals surface area (Å²) in [5, 5.41) is 7.71. The van der Waals surface area contributed by atoms with E-state index in [9.17, 15) is 4.79 Å². The second-order valence-corrected chi connectivity index (χ2v) is 8.81. The minimum Gasteiger partial charge on any atom is -0.369 e. The summed E-state index contributed by atoms with van der Waals surface area (Å²) < 4.78 is 0. The van der Waals surface area contributed by atoms with Gasteiger partial charge in [-0.15, -0.1) is 0 Å². The summed E-state index contributed by atoms with van der Waals surface area (Å²) in [6, 6.07) is 8.21. The van der Waals surface area contributed by atoms with E-state index >= 15 is 0 Å². The molecule has 29 heavy (non-hydrogen) atoms. The molecule has 160 valence electrons. The Bertz CT molecular complexity index is 711. The number of nitrogens with zero attached hydrogens (tertiary/aromatic N) is 2. The number of aliphatic imine (C=N–C) groups is 1. The molecule has 7 heteroatoms. The number of guanidine groups is 1. The number of halogens is 1. The van der Waals surface area contributed by atoms with E-state index in [4.69, 9.17) is 17.3 Å². The number of carbonyl (C=O) groups excluding carboxylic acids is 1. The fraction of sp³-hybridized carbons (Fsp3) is 0.636. The number of carbonyl (C=O) groups is 1. The quantitative estimate of drug-likeness (QED) is 0.326. The van der Waals surface area contributed by atoms with Gasteiger partial charge in [0.15, 0.2) is 5.96 Å². The highest BCUT2D eigenvalue weighted by molar-refractivity contribution is 6.30. The predicted octanol–water partition coefficient (Wildman–Crippen LogP) is 2.51. The van der Waals surface area contributed by atoms with Gasteiger partial charge in [0.2, 0.25) is 5.91 Å². The van der Waals surface area contributed by atoms with Gasteiger partial charge in [-0.25, -0.2) is 0 Å². The van der Waals surface area contributed by atoms with Crippen molar-refractivity contribution in [2.75, 3.05) is 39.8 Å². The zero-order valence-electron chi connectivity index (χ0n) is 17.4. The van der Waals surface area contributed by atoms with Crippen molar-refractivity contribution >= 4 is 23.5 Å². The molecule has 0 spiro atoms. The predicted molar refractivity (Wildman–Crippen MR) is 119 cm³/mol. The molecule has 0 aromatic heterocycles. The number of benzene rings is 1. The van der Waals surface area contributed by atoms with E-state index in [0.717, 1.165) is 69.4 Å². The Balaban J connectivity index is 1.31. The van der Waals surface area contributed by atoms with Crippen molar-refractivity contribution in [1.29, 1.82) is 0 Å². The zero-order valence-corrected chi connectivity index (χ0v) is 18.2. The molecule has 1 aromatic carbocycles. The van der Waals surface area contributed by atoms with E-state index in [1.807, 2.05) is 19.2 Å². The summed E-state index contributed by atoms with van der Waals surface area (Å²) in [5.41, 5.74) is 6.91. The van der Waals surface area contributed by atoms with Crippen LogP contribution in [0.3, 0.4) is 0 Å². The molecule has 1 aromatic rings. The Morgan fingerprint density at radius 1 is 1.28 bits per heavy atom. The molecule has 1 saturated carbocycles. The number of unbranched alkanes of at least 4 members (excludes halogenated alkanes) is 1. The summed E-state index contributed by atoms with van der Waals surface area (Å²) in [5.74, 6) is 0.792. The normalized spacial score (nSPS) is 19.7. The fourth-order valence-corrected chi connectivity index (χ4v) is 4.31. The van der Waals surface area contributed by atoms with Gasteiger partial charge in [-0.3, -0.25) is 9.79 Å².